The Morgan fingerprint density at radius 1 is 1.41 bits per heavy atom. The number of halogens is 3. The maximum atomic E-state index is 13.3. The number of piperidine rings is 1. The fourth-order valence-electron chi connectivity index (χ4n) is 4.53. The molecule has 0 radical (unpaired) electrons. The summed E-state index contributed by atoms with van der Waals surface area (Å²) in [5.74, 6) is 0.719. The van der Waals surface area contributed by atoms with Gasteiger partial charge in [0.2, 0.25) is 5.95 Å². The summed E-state index contributed by atoms with van der Waals surface area (Å²) < 4.78 is 44.8. The topological polar surface area (TPSA) is 58.6 Å². The van der Waals surface area contributed by atoms with Crippen LogP contribution < -0.4 is 9.80 Å². The lowest BCUT2D eigenvalue weighted by atomic mass is 10.1. The van der Waals surface area contributed by atoms with Crippen LogP contribution in [0.2, 0.25) is 0 Å². The second-order valence-electron chi connectivity index (χ2n) is 8.12. The van der Waals surface area contributed by atoms with E-state index in [-0.39, 0.29) is 35.2 Å². The number of methoxy groups -OCH3 is 1. The molecule has 4 rings (SSSR count). The molecule has 3 unspecified atom stereocenters. The lowest BCUT2D eigenvalue weighted by molar-refractivity contribution is -0.142. The second-order valence-corrected chi connectivity index (χ2v) is 8.12. The number of carbonyl (C=O) groups excluding carboxylic acids is 1. The van der Waals surface area contributed by atoms with Crippen molar-refractivity contribution in [3.63, 3.8) is 0 Å². The number of carbonyl (C=O) groups is 1. The van der Waals surface area contributed by atoms with Crippen LogP contribution in [-0.2, 0) is 15.7 Å². The number of alkyl halides is 3. The van der Waals surface area contributed by atoms with Crippen LogP contribution in [0.25, 0.3) is 0 Å². The molecule has 3 aliphatic rings. The van der Waals surface area contributed by atoms with Crippen molar-refractivity contribution in [2.75, 3.05) is 36.5 Å². The molecule has 4 atom stereocenters. The SMILES string of the molecule is COC(=O)CC1C2CN(c3cc(C(F)(F)F)nc(N4CC[C@@H]4C)n3)CC12C. The van der Waals surface area contributed by atoms with Crippen LogP contribution in [0.5, 0.6) is 0 Å². The van der Waals surface area contributed by atoms with Gasteiger partial charge in [0.25, 0.3) is 0 Å². The zero-order valence-electron chi connectivity index (χ0n) is 15.6. The first-order chi connectivity index (χ1) is 12.6. The van der Waals surface area contributed by atoms with Crippen molar-refractivity contribution in [1.82, 2.24) is 9.97 Å². The van der Waals surface area contributed by atoms with Crippen LogP contribution in [0.1, 0.15) is 32.4 Å². The van der Waals surface area contributed by atoms with Gasteiger partial charge in [0.15, 0.2) is 5.69 Å². The number of esters is 1. The zero-order chi connectivity index (χ0) is 19.6. The van der Waals surface area contributed by atoms with Gasteiger partial charge in [-0.1, -0.05) is 6.92 Å². The van der Waals surface area contributed by atoms with Gasteiger partial charge >= 0.3 is 12.1 Å². The number of fused-ring (bicyclic) bond motifs is 1. The van der Waals surface area contributed by atoms with Crippen LogP contribution in [0.4, 0.5) is 24.9 Å². The quantitative estimate of drug-likeness (QED) is 0.744. The summed E-state index contributed by atoms with van der Waals surface area (Å²) in [5.41, 5.74) is -0.986. The van der Waals surface area contributed by atoms with Crippen LogP contribution in [-0.4, -0.2) is 48.7 Å². The first-order valence-corrected chi connectivity index (χ1v) is 9.18. The van der Waals surface area contributed by atoms with Gasteiger partial charge in [0.1, 0.15) is 5.82 Å². The highest BCUT2D eigenvalue weighted by Gasteiger charge is 2.66. The fraction of sp³-hybridized carbons (Fsp3) is 0.722. The van der Waals surface area contributed by atoms with E-state index in [2.05, 4.69) is 16.9 Å². The van der Waals surface area contributed by atoms with Crippen LogP contribution >= 0.6 is 0 Å². The molecule has 3 fully saturated rings. The highest BCUT2D eigenvalue weighted by molar-refractivity contribution is 5.70. The number of aromatic nitrogens is 2. The predicted molar refractivity (Wildman–Crippen MR) is 92.4 cm³/mol. The van der Waals surface area contributed by atoms with E-state index < -0.39 is 11.9 Å². The molecule has 0 spiro atoms. The number of rotatable bonds is 4. The Hall–Kier alpha value is -2.06. The Morgan fingerprint density at radius 3 is 2.63 bits per heavy atom. The molecular formula is C18H23F3N4O2. The summed E-state index contributed by atoms with van der Waals surface area (Å²) in [6.07, 6.45) is -3.23. The van der Waals surface area contributed by atoms with E-state index in [0.717, 1.165) is 12.5 Å². The normalized spacial score (nSPS) is 32.1. The Bertz CT molecular complexity index is 771. The molecule has 148 valence electrons. The minimum atomic E-state index is -4.51. The standard InChI is InChI=1S/C18H23F3N4O2/c1-10-4-5-25(10)16-22-13(18(19,20)21)7-14(23-16)24-8-12-11(6-15(26)27-3)17(12,2)9-24/h7,10-12H,4-6,8-9H2,1-3H3/t10-,11?,12?,17?/m0/s1. The third-order valence-corrected chi connectivity index (χ3v) is 6.53. The summed E-state index contributed by atoms with van der Waals surface area (Å²) in [5, 5.41) is 0. The van der Waals surface area contributed by atoms with E-state index >= 15 is 0 Å². The maximum absolute atomic E-state index is 13.3. The lowest BCUT2D eigenvalue weighted by Crippen LogP contribution is -2.47. The first-order valence-electron chi connectivity index (χ1n) is 9.18. The maximum Gasteiger partial charge on any atom is 0.433 e. The number of hydrogen-bond acceptors (Lipinski definition) is 6. The molecule has 1 saturated carbocycles. The van der Waals surface area contributed by atoms with E-state index in [1.54, 1.807) is 4.90 Å². The smallest absolute Gasteiger partial charge is 0.433 e. The molecule has 27 heavy (non-hydrogen) atoms. The first kappa shape index (κ1) is 18.3. The molecule has 1 aliphatic carbocycles. The molecule has 9 heteroatoms. The molecule has 2 aliphatic heterocycles. The van der Waals surface area contributed by atoms with Crippen LogP contribution in [0, 0.1) is 17.3 Å². The Labute approximate surface area is 155 Å². The van der Waals surface area contributed by atoms with Crippen molar-refractivity contribution in [1.29, 1.82) is 0 Å². The zero-order valence-corrected chi connectivity index (χ0v) is 15.6. The second kappa shape index (κ2) is 5.97. The van der Waals surface area contributed by atoms with Gasteiger partial charge in [0, 0.05) is 38.2 Å². The minimum Gasteiger partial charge on any atom is -0.469 e. The largest absolute Gasteiger partial charge is 0.469 e. The number of ether oxygens (including phenoxy) is 1. The van der Waals surface area contributed by atoms with E-state index in [4.69, 9.17) is 4.74 Å². The monoisotopic (exact) mass is 384 g/mol. The fourth-order valence-corrected chi connectivity index (χ4v) is 4.53. The minimum absolute atomic E-state index is 0.0816. The predicted octanol–water partition coefficient (Wildman–Crippen LogP) is 2.73. The van der Waals surface area contributed by atoms with Crippen molar-refractivity contribution in [2.24, 2.45) is 17.3 Å². The van der Waals surface area contributed by atoms with Crippen LogP contribution in [0.15, 0.2) is 6.07 Å². The summed E-state index contributed by atoms with van der Waals surface area (Å²) in [6.45, 7) is 5.89. The summed E-state index contributed by atoms with van der Waals surface area (Å²) in [6, 6.07) is 1.19. The van der Waals surface area contributed by atoms with Crippen molar-refractivity contribution in [3.05, 3.63) is 11.8 Å². The average molecular weight is 384 g/mol. The van der Waals surface area contributed by atoms with Gasteiger partial charge in [-0.3, -0.25) is 4.79 Å². The number of nitrogens with zero attached hydrogens (tertiary/aromatic N) is 4. The van der Waals surface area contributed by atoms with E-state index in [0.29, 0.717) is 31.9 Å². The Morgan fingerprint density at radius 2 is 2.15 bits per heavy atom. The molecule has 6 nitrogen and oxygen atoms in total. The van der Waals surface area contributed by atoms with Gasteiger partial charge in [-0.15, -0.1) is 0 Å². The highest BCUT2D eigenvalue weighted by atomic mass is 19.4. The van der Waals surface area contributed by atoms with Crippen molar-refractivity contribution in [3.8, 4) is 0 Å². The van der Waals surface area contributed by atoms with Gasteiger partial charge in [0.05, 0.1) is 7.11 Å². The van der Waals surface area contributed by atoms with Crippen LogP contribution in [0.3, 0.4) is 0 Å². The van der Waals surface area contributed by atoms with Gasteiger partial charge in [-0.2, -0.15) is 18.2 Å². The van der Waals surface area contributed by atoms with E-state index in [1.807, 2.05) is 11.8 Å². The molecule has 0 N–H and O–H groups in total. The highest BCUT2D eigenvalue weighted by Crippen LogP contribution is 2.64. The molecule has 2 saturated heterocycles. The lowest BCUT2D eigenvalue weighted by Gasteiger charge is -2.39. The third-order valence-electron chi connectivity index (χ3n) is 6.53. The van der Waals surface area contributed by atoms with Crippen molar-refractivity contribution in [2.45, 2.75) is 38.9 Å². The van der Waals surface area contributed by atoms with E-state index in [1.165, 1.54) is 7.11 Å². The Balaban J connectivity index is 1.56. The van der Waals surface area contributed by atoms with E-state index in [9.17, 15) is 18.0 Å². The van der Waals surface area contributed by atoms with Gasteiger partial charge in [-0.25, -0.2) is 4.98 Å². The molecule has 0 aromatic carbocycles. The molecule has 0 amide bonds. The molecular weight excluding hydrogens is 361 g/mol. The molecule has 0 bridgehead atoms. The molecule has 1 aromatic heterocycles. The number of anilines is 2. The van der Waals surface area contributed by atoms with Crippen molar-refractivity contribution >= 4 is 17.7 Å². The number of hydrogen-bond donors (Lipinski definition) is 0. The summed E-state index contributed by atoms with van der Waals surface area (Å²) in [7, 11) is 1.37. The summed E-state index contributed by atoms with van der Waals surface area (Å²) >= 11 is 0. The Kier molecular flexibility index (Phi) is 4.05. The van der Waals surface area contributed by atoms with Gasteiger partial charge in [-0.05, 0) is 30.6 Å². The molecule has 1 aromatic rings. The molecule has 3 heterocycles. The van der Waals surface area contributed by atoms with Crippen molar-refractivity contribution < 1.29 is 22.7 Å². The van der Waals surface area contributed by atoms with Gasteiger partial charge < -0.3 is 14.5 Å². The average Bonchev–Trinajstić information content (AvgIpc) is 2.95. The summed E-state index contributed by atoms with van der Waals surface area (Å²) in [4.78, 5) is 23.4. The third kappa shape index (κ3) is 3.00.